The van der Waals surface area contributed by atoms with Crippen LogP contribution in [0.3, 0.4) is 0 Å². The van der Waals surface area contributed by atoms with Gasteiger partial charge in [0, 0.05) is 12.1 Å². The first-order chi connectivity index (χ1) is 12.7. The summed E-state index contributed by atoms with van der Waals surface area (Å²) in [6.07, 6.45) is 0. The molecule has 7 nitrogen and oxygen atoms in total. The third-order valence-electron chi connectivity index (χ3n) is 4.13. The van der Waals surface area contributed by atoms with Crippen molar-refractivity contribution in [1.82, 2.24) is 5.32 Å². The summed E-state index contributed by atoms with van der Waals surface area (Å²) in [5.41, 5.74) is 2.93. The van der Waals surface area contributed by atoms with Gasteiger partial charge in [-0.25, -0.2) is 4.79 Å². The van der Waals surface area contributed by atoms with Crippen LogP contribution in [-0.4, -0.2) is 23.4 Å². The molecule has 0 bridgehead atoms. The quantitative estimate of drug-likeness (QED) is 0.458. The summed E-state index contributed by atoms with van der Waals surface area (Å²) < 4.78 is 4.95. The average molecular weight is 391 g/mol. The Morgan fingerprint density at radius 3 is 2.48 bits per heavy atom. The smallest absolute Gasteiger partial charge is 0.340 e. The molecule has 2 aromatic rings. The highest BCUT2D eigenvalue weighted by molar-refractivity contribution is 6.33. The Balaban J connectivity index is 1.93. The topological polar surface area (TPSA) is 98.5 Å². The molecule has 1 atom stereocenters. The predicted octanol–water partition coefficient (Wildman–Crippen LogP) is 3.90. The van der Waals surface area contributed by atoms with E-state index in [9.17, 15) is 19.7 Å². The summed E-state index contributed by atoms with van der Waals surface area (Å²) in [5, 5.41) is 13.3. The Hall–Kier alpha value is -2.93. The predicted molar refractivity (Wildman–Crippen MR) is 101 cm³/mol. The molecule has 27 heavy (non-hydrogen) atoms. The molecule has 8 heteroatoms. The molecule has 0 spiro atoms. The van der Waals surface area contributed by atoms with Gasteiger partial charge in [0.05, 0.1) is 21.6 Å². The minimum atomic E-state index is -0.830. The van der Waals surface area contributed by atoms with Crippen LogP contribution in [0, 0.1) is 24.0 Å². The number of nitro benzene ring substituents is 1. The van der Waals surface area contributed by atoms with E-state index < -0.39 is 23.4 Å². The Morgan fingerprint density at radius 1 is 1.19 bits per heavy atom. The normalized spacial score (nSPS) is 11.6. The molecule has 1 amide bonds. The van der Waals surface area contributed by atoms with Gasteiger partial charge in [0.15, 0.2) is 6.61 Å². The number of carbonyl (C=O) groups excluding carboxylic acids is 2. The number of nitrogens with one attached hydrogen (secondary N) is 1. The molecule has 0 fully saturated rings. The van der Waals surface area contributed by atoms with E-state index in [1.165, 1.54) is 6.07 Å². The summed E-state index contributed by atoms with van der Waals surface area (Å²) in [7, 11) is 0. The van der Waals surface area contributed by atoms with E-state index in [0.29, 0.717) is 0 Å². The maximum Gasteiger partial charge on any atom is 0.340 e. The van der Waals surface area contributed by atoms with Gasteiger partial charge in [0.1, 0.15) is 0 Å². The number of halogens is 1. The fourth-order valence-electron chi connectivity index (χ4n) is 2.39. The highest BCUT2D eigenvalue weighted by Gasteiger charge is 2.18. The molecular weight excluding hydrogens is 372 g/mol. The molecule has 2 aromatic carbocycles. The van der Waals surface area contributed by atoms with Gasteiger partial charge < -0.3 is 10.1 Å². The van der Waals surface area contributed by atoms with Crippen molar-refractivity contribution >= 4 is 29.2 Å². The monoisotopic (exact) mass is 390 g/mol. The third-order valence-corrected chi connectivity index (χ3v) is 4.44. The first-order valence-corrected chi connectivity index (χ1v) is 8.54. The van der Waals surface area contributed by atoms with Gasteiger partial charge in [-0.15, -0.1) is 0 Å². The largest absolute Gasteiger partial charge is 0.452 e. The maximum absolute atomic E-state index is 12.0. The van der Waals surface area contributed by atoms with E-state index in [1.54, 1.807) is 0 Å². The van der Waals surface area contributed by atoms with Crippen LogP contribution in [0.2, 0.25) is 5.02 Å². The summed E-state index contributed by atoms with van der Waals surface area (Å²) >= 11 is 5.87. The molecule has 0 aliphatic heterocycles. The van der Waals surface area contributed by atoms with Gasteiger partial charge in [0.2, 0.25) is 0 Å². The molecule has 0 aromatic heterocycles. The van der Waals surface area contributed by atoms with Crippen molar-refractivity contribution in [2.24, 2.45) is 0 Å². The number of nitrogens with zero attached hydrogens (tertiary/aromatic N) is 1. The highest BCUT2D eigenvalue weighted by atomic mass is 35.5. The van der Waals surface area contributed by atoms with Crippen LogP contribution in [0.1, 0.15) is 40.0 Å². The fraction of sp³-hybridized carbons (Fsp3) is 0.263. The zero-order chi connectivity index (χ0) is 20.1. The van der Waals surface area contributed by atoms with Crippen LogP contribution < -0.4 is 5.32 Å². The van der Waals surface area contributed by atoms with Crippen molar-refractivity contribution in [2.45, 2.75) is 26.8 Å². The van der Waals surface area contributed by atoms with E-state index in [-0.39, 0.29) is 22.3 Å². The van der Waals surface area contributed by atoms with E-state index in [1.807, 2.05) is 39.0 Å². The second-order valence-electron chi connectivity index (χ2n) is 6.13. The zero-order valence-corrected chi connectivity index (χ0v) is 15.9. The minimum Gasteiger partial charge on any atom is -0.452 e. The molecule has 1 N–H and O–H groups in total. The van der Waals surface area contributed by atoms with Crippen LogP contribution in [-0.2, 0) is 9.53 Å². The van der Waals surface area contributed by atoms with Gasteiger partial charge >= 0.3 is 5.97 Å². The lowest BCUT2D eigenvalue weighted by molar-refractivity contribution is -0.384. The number of amides is 1. The maximum atomic E-state index is 12.0. The van der Waals surface area contributed by atoms with E-state index in [4.69, 9.17) is 16.3 Å². The van der Waals surface area contributed by atoms with Crippen molar-refractivity contribution in [3.05, 3.63) is 73.8 Å². The van der Waals surface area contributed by atoms with Gasteiger partial charge in [0.25, 0.3) is 11.6 Å². The van der Waals surface area contributed by atoms with E-state index in [2.05, 4.69) is 5.32 Å². The summed E-state index contributed by atoms with van der Waals surface area (Å²) in [4.78, 5) is 34.1. The van der Waals surface area contributed by atoms with Crippen molar-refractivity contribution < 1.29 is 19.2 Å². The second kappa shape index (κ2) is 8.64. The molecule has 0 heterocycles. The Kier molecular flexibility index (Phi) is 6.52. The number of aryl methyl sites for hydroxylation is 2. The molecule has 142 valence electrons. The van der Waals surface area contributed by atoms with Gasteiger partial charge in [-0.3, -0.25) is 14.9 Å². The fourth-order valence-corrected chi connectivity index (χ4v) is 2.64. The lowest BCUT2D eigenvalue weighted by Crippen LogP contribution is -2.31. The van der Waals surface area contributed by atoms with Crippen molar-refractivity contribution in [1.29, 1.82) is 0 Å². The molecule has 0 aliphatic rings. The molecule has 0 saturated heterocycles. The number of hydrogen-bond donors (Lipinski definition) is 1. The van der Waals surface area contributed by atoms with Crippen LogP contribution >= 0.6 is 11.6 Å². The molecule has 2 rings (SSSR count). The third kappa shape index (κ3) is 5.27. The summed E-state index contributed by atoms with van der Waals surface area (Å²) in [6.45, 7) is 5.34. The minimum absolute atomic E-state index is 0.0442. The first kappa shape index (κ1) is 20.4. The number of benzene rings is 2. The average Bonchev–Trinajstić information content (AvgIpc) is 2.61. The number of ether oxygens (including phenoxy) is 1. The van der Waals surface area contributed by atoms with Crippen LogP contribution in [0.4, 0.5) is 5.69 Å². The Bertz CT molecular complexity index is 898. The highest BCUT2D eigenvalue weighted by Crippen LogP contribution is 2.23. The molecule has 0 radical (unpaired) electrons. The Morgan fingerprint density at radius 2 is 1.89 bits per heavy atom. The van der Waals surface area contributed by atoms with Crippen molar-refractivity contribution in [3.8, 4) is 0 Å². The molecule has 0 aliphatic carbocycles. The van der Waals surface area contributed by atoms with Crippen molar-refractivity contribution in [2.75, 3.05) is 6.61 Å². The van der Waals surface area contributed by atoms with E-state index in [0.717, 1.165) is 28.8 Å². The number of esters is 1. The number of hydrogen-bond acceptors (Lipinski definition) is 5. The van der Waals surface area contributed by atoms with Crippen LogP contribution in [0.15, 0.2) is 36.4 Å². The first-order valence-electron chi connectivity index (χ1n) is 8.16. The van der Waals surface area contributed by atoms with Crippen molar-refractivity contribution in [3.63, 3.8) is 0 Å². The van der Waals surface area contributed by atoms with Crippen LogP contribution in [0.25, 0.3) is 0 Å². The van der Waals surface area contributed by atoms with E-state index >= 15 is 0 Å². The molecule has 0 unspecified atom stereocenters. The lowest BCUT2D eigenvalue weighted by atomic mass is 10.0. The number of rotatable bonds is 6. The van der Waals surface area contributed by atoms with Gasteiger partial charge in [-0.2, -0.15) is 0 Å². The summed E-state index contributed by atoms with van der Waals surface area (Å²) in [5.74, 6) is -1.30. The van der Waals surface area contributed by atoms with Gasteiger partial charge in [-0.05, 0) is 43.5 Å². The molecule has 0 saturated carbocycles. The lowest BCUT2D eigenvalue weighted by Gasteiger charge is -2.16. The second-order valence-corrected chi connectivity index (χ2v) is 6.54. The Labute approximate surface area is 161 Å². The SMILES string of the molecule is Cc1ccc([C@H](C)NC(=O)COC(=O)c2ccc([N+](=O)[O-])cc2Cl)cc1C. The zero-order valence-electron chi connectivity index (χ0n) is 15.1. The molecular formula is C19H19ClN2O5. The number of nitro groups is 1. The van der Waals surface area contributed by atoms with Crippen LogP contribution in [0.5, 0.6) is 0 Å². The number of carbonyl (C=O) groups is 2. The van der Waals surface area contributed by atoms with Gasteiger partial charge in [-0.1, -0.05) is 29.8 Å². The number of non-ortho nitro benzene ring substituents is 1. The summed E-state index contributed by atoms with van der Waals surface area (Å²) in [6, 6.07) is 9.03. The standard InChI is InChI=1S/C19H19ClN2O5/c1-11-4-5-14(8-12(11)2)13(3)21-18(23)10-27-19(24)16-7-6-15(22(25)26)9-17(16)20/h4-9,13H,10H2,1-3H3,(H,21,23)/t13-/m0/s1.